The van der Waals surface area contributed by atoms with Crippen LogP contribution in [-0.4, -0.2) is 50.0 Å². The first-order chi connectivity index (χ1) is 12.3. The third-order valence-electron chi connectivity index (χ3n) is 3.92. The van der Waals surface area contributed by atoms with Gasteiger partial charge in [0.05, 0.1) is 11.9 Å². The molecule has 9 heteroatoms. The normalized spacial score (nSPS) is 12.2. The van der Waals surface area contributed by atoms with Gasteiger partial charge in [0.15, 0.2) is 17.5 Å². The average Bonchev–Trinajstić information content (AvgIpc) is 3.02. The van der Waals surface area contributed by atoms with Crippen molar-refractivity contribution in [2.75, 3.05) is 14.1 Å². The van der Waals surface area contributed by atoms with Gasteiger partial charge >= 0.3 is 0 Å². The number of aromatic nitrogens is 4. The number of benzene rings is 1. The molecule has 134 valence electrons. The van der Waals surface area contributed by atoms with E-state index in [1.54, 1.807) is 0 Å². The molecule has 0 spiro atoms. The first kappa shape index (κ1) is 17.5. The topological polar surface area (TPSA) is 90.1 Å². The number of nitrogens with zero attached hydrogens (tertiary/aromatic N) is 5. The summed E-state index contributed by atoms with van der Waals surface area (Å²) in [6.45, 7) is 1.24. The predicted molar refractivity (Wildman–Crippen MR) is 91.5 cm³/mol. The molecular formula is C17H16FN5O3. The Hall–Kier alpha value is -3.36. The summed E-state index contributed by atoms with van der Waals surface area (Å²) in [6, 6.07) is 4.26. The number of amides is 1. The fourth-order valence-corrected chi connectivity index (χ4v) is 2.61. The van der Waals surface area contributed by atoms with Gasteiger partial charge < -0.3 is 4.90 Å². The summed E-state index contributed by atoms with van der Waals surface area (Å²) >= 11 is 0. The zero-order valence-electron chi connectivity index (χ0n) is 14.4. The number of carbonyl (C=O) groups excluding carboxylic acids is 2. The highest BCUT2D eigenvalue weighted by Gasteiger charge is 2.29. The fourth-order valence-electron chi connectivity index (χ4n) is 2.61. The number of likely N-dealkylation sites (N-methyl/N-ethyl adjacent to an activating group) is 1. The number of ketones is 1. The van der Waals surface area contributed by atoms with E-state index in [2.05, 4.69) is 10.1 Å². The minimum atomic E-state index is -1.29. The van der Waals surface area contributed by atoms with Crippen LogP contribution in [0.25, 0.3) is 16.7 Å². The van der Waals surface area contributed by atoms with Crippen molar-refractivity contribution in [2.24, 2.45) is 0 Å². The summed E-state index contributed by atoms with van der Waals surface area (Å²) in [4.78, 5) is 42.5. The Kier molecular flexibility index (Phi) is 4.37. The lowest BCUT2D eigenvalue weighted by molar-refractivity contribution is -0.137. The van der Waals surface area contributed by atoms with Gasteiger partial charge in [-0.1, -0.05) is 0 Å². The first-order valence-corrected chi connectivity index (χ1v) is 7.73. The molecule has 0 saturated heterocycles. The third kappa shape index (κ3) is 2.87. The molecule has 2 aromatic heterocycles. The van der Waals surface area contributed by atoms with Crippen molar-refractivity contribution in [3.8, 4) is 5.69 Å². The maximum absolute atomic E-state index is 13.1. The minimum absolute atomic E-state index is 0.148. The van der Waals surface area contributed by atoms with Crippen LogP contribution in [0.15, 0.2) is 41.6 Å². The molecule has 26 heavy (non-hydrogen) atoms. The summed E-state index contributed by atoms with van der Waals surface area (Å²) < 4.78 is 15.5. The maximum atomic E-state index is 13.1. The van der Waals surface area contributed by atoms with Gasteiger partial charge in [0.2, 0.25) is 0 Å². The summed E-state index contributed by atoms with van der Waals surface area (Å²) in [5.41, 5.74) is 0.217. The molecule has 1 amide bonds. The van der Waals surface area contributed by atoms with Gasteiger partial charge in [0, 0.05) is 14.1 Å². The van der Waals surface area contributed by atoms with Gasteiger partial charge in [-0.25, -0.2) is 14.1 Å². The van der Waals surface area contributed by atoms with E-state index in [1.807, 2.05) is 0 Å². The van der Waals surface area contributed by atoms with Crippen molar-refractivity contribution in [3.63, 3.8) is 0 Å². The Morgan fingerprint density at radius 3 is 2.42 bits per heavy atom. The average molecular weight is 357 g/mol. The van der Waals surface area contributed by atoms with Crippen molar-refractivity contribution in [3.05, 3.63) is 53.0 Å². The van der Waals surface area contributed by atoms with E-state index in [0.717, 1.165) is 10.9 Å². The first-order valence-electron chi connectivity index (χ1n) is 7.73. The lowest BCUT2D eigenvalue weighted by Crippen LogP contribution is -2.40. The molecule has 0 radical (unpaired) electrons. The monoisotopic (exact) mass is 357 g/mol. The molecular weight excluding hydrogens is 341 g/mol. The quantitative estimate of drug-likeness (QED) is 0.648. The predicted octanol–water partition coefficient (Wildman–Crippen LogP) is 0.940. The van der Waals surface area contributed by atoms with E-state index in [1.165, 1.54) is 61.1 Å². The second-order valence-corrected chi connectivity index (χ2v) is 5.97. The summed E-state index contributed by atoms with van der Waals surface area (Å²) in [5, 5.41) is 4.27. The molecule has 0 N–H and O–H groups in total. The highest BCUT2D eigenvalue weighted by atomic mass is 19.1. The van der Waals surface area contributed by atoms with Crippen LogP contribution in [0.3, 0.4) is 0 Å². The van der Waals surface area contributed by atoms with E-state index in [0.29, 0.717) is 5.69 Å². The molecule has 3 aromatic rings. The lowest BCUT2D eigenvalue weighted by Gasteiger charge is -2.20. The molecule has 3 rings (SSSR count). The van der Waals surface area contributed by atoms with Crippen LogP contribution in [-0.2, 0) is 9.59 Å². The molecule has 0 aliphatic carbocycles. The number of hydrogen-bond donors (Lipinski definition) is 0. The number of carbonyl (C=O) groups is 2. The van der Waals surface area contributed by atoms with Crippen LogP contribution >= 0.6 is 0 Å². The second kappa shape index (κ2) is 6.51. The molecule has 0 aliphatic heterocycles. The molecule has 8 nitrogen and oxygen atoms in total. The van der Waals surface area contributed by atoms with Crippen LogP contribution in [0.4, 0.5) is 4.39 Å². The molecule has 0 unspecified atom stereocenters. The van der Waals surface area contributed by atoms with Crippen molar-refractivity contribution < 1.29 is 14.0 Å². The molecule has 2 heterocycles. The van der Waals surface area contributed by atoms with Gasteiger partial charge in [0.1, 0.15) is 17.5 Å². The van der Waals surface area contributed by atoms with E-state index in [9.17, 15) is 18.8 Å². The SMILES string of the molecule is CC(=O)[C@H](C(=O)N(C)C)n1cnc2c(cnn2-c2ccc(F)cc2)c1=O. The van der Waals surface area contributed by atoms with Crippen LogP contribution in [0.1, 0.15) is 13.0 Å². The molecule has 0 fully saturated rings. The Bertz CT molecular complexity index is 1050. The number of Topliss-reactive ketones (excluding diaryl/α,β-unsaturated/α-hetero) is 1. The molecule has 0 saturated carbocycles. The Balaban J connectivity index is 2.16. The smallest absolute Gasteiger partial charge is 0.265 e. The van der Waals surface area contributed by atoms with Gasteiger partial charge in [-0.2, -0.15) is 5.10 Å². The third-order valence-corrected chi connectivity index (χ3v) is 3.92. The fraction of sp³-hybridized carbons (Fsp3) is 0.235. The molecule has 0 aliphatic rings. The molecule has 0 bridgehead atoms. The minimum Gasteiger partial charge on any atom is -0.347 e. The number of hydrogen-bond acceptors (Lipinski definition) is 5. The van der Waals surface area contributed by atoms with Crippen LogP contribution in [0.2, 0.25) is 0 Å². The Labute approximate surface area is 147 Å². The summed E-state index contributed by atoms with van der Waals surface area (Å²) in [5.74, 6) is -1.39. The standard InChI is InChI=1S/C17H16FN5O3/c1-10(24)14(17(26)21(2)3)22-9-19-15-13(16(22)25)8-20-23(15)12-6-4-11(18)5-7-12/h4-9,14H,1-3H3/t14-/m1/s1. The highest BCUT2D eigenvalue weighted by Crippen LogP contribution is 2.16. The Morgan fingerprint density at radius 1 is 1.19 bits per heavy atom. The largest absolute Gasteiger partial charge is 0.347 e. The zero-order valence-corrected chi connectivity index (χ0v) is 14.4. The zero-order chi connectivity index (χ0) is 19.0. The van der Waals surface area contributed by atoms with Gasteiger partial charge in [-0.05, 0) is 31.2 Å². The number of fused-ring (bicyclic) bond motifs is 1. The number of rotatable bonds is 4. The van der Waals surface area contributed by atoms with Crippen molar-refractivity contribution in [2.45, 2.75) is 13.0 Å². The number of halogens is 1. The highest BCUT2D eigenvalue weighted by molar-refractivity contribution is 6.02. The van der Waals surface area contributed by atoms with E-state index in [4.69, 9.17) is 0 Å². The van der Waals surface area contributed by atoms with Crippen molar-refractivity contribution >= 4 is 22.7 Å². The summed E-state index contributed by atoms with van der Waals surface area (Å²) in [6.07, 6.45) is 2.46. The van der Waals surface area contributed by atoms with Crippen LogP contribution < -0.4 is 5.56 Å². The van der Waals surface area contributed by atoms with Crippen LogP contribution in [0.5, 0.6) is 0 Å². The van der Waals surface area contributed by atoms with Gasteiger partial charge in [0.25, 0.3) is 11.5 Å². The van der Waals surface area contributed by atoms with E-state index in [-0.39, 0.29) is 11.0 Å². The van der Waals surface area contributed by atoms with Crippen LogP contribution in [0, 0.1) is 5.82 Å². The van der Waals surface area contributed by atoms with E-state index < -0.39 is 29.1 Å². The van der Waals surface area contributed by atoms with Crippen molar-refractivity contribution in [1.82, 2.24) is 24.2 Å². The lowest BCUT2D eigenvalue weighted by atomic mass is 10.1. The van der Waals surface area contributed by atoms with Crippen molar-refractivity contribution in [1.29, 1.82) is 0 Å². The van der Waals surface area contributed by atoms with Gasteiger partial charge in [-0.15, -0.1) is 0 Å². The molecule has 1 atom stereocenters. The molecule has 1 aromatic carbocycles. The second-order valence-electron chi connectivity index (χ2n) is 5.97. The summed E-state index contributed by atoms with van der Waals surface area (Å²) in [7, 11) is 3.00. The Morgan fingerprint density at radius 2 is 1.85 bits per heavy atom. The van der Waals surface area contributed by atoms with Gasteiger partial charge in [-0.3, -0.25) is 19.0 Å². The van der Waals surface area contributed by atoms with E-state index >= 15 is 0 Å². The maximum Gasteiger partial charge on any atom is 0.265 e.